The highest BCUT2D eigenvalue weighted by molar-refractivity contribution is 7.92. The van der Waals surface area contributed by atoms with Crippen LogP contribution in [0, 0.1) is 11.3 Å². The fraction of sp³-hybridized carbons (Fsp3) is 0.423. The molecule has 36 heavy (non-hydrogen) atoms. The molecular weight excluding hydrogens is 521 g/mol. The molecule has 2 aliphatic carbocycles. The van der Waals surface area contributed by atoms with Gasteiger partial charge in [-0.2, -0.15) is 5.26 Å². The number of benzene rings is 2. The molecule has 2 saturated carbocycles. The number of hydrogen-bond acceptors (Lipinski definition) is 5. The summed E-state index contributed by atoms with van der Waals surface area (Å²) in [6.45, 7) is -0.126. The first kappa shape index (κ1) is 25.1. The molecule has 1 aliphatic heterocycles. The Morgan fingerprint density at radius 3 is 2.25 bits per heavy atom. The van der Waals surface area contributed by atoms with Crippen molar-refractivity contribution in [1.82, 2.24) is 10.2 Å². The van der Waals surface area contributed by atoms with E-state index in [9.17, 15) is 23.3 Å². The van der Waals surface area contributed by atoms with Gasteiger partial charge in [0.05, 0.1) is 26.7 Å². The largest absolute Gasteiger partial charge is 0.336 e. The van der Waals surface area contributed by atoms with Crippen molar-refractivity contribution < 1.29 is 18.0 Å². The molecule has 188 valence electrons. The van der Waals surface area contributed by atoms with Gasteiger partial charge < -0.3 is 10.2 Å². The maximum Gasteiger partial charge on any atom is 0.244 e. The van der Waals surface area contributed by atoms with Gasteiger partial charge in [0.25, 0.3) is 0 Å². The zero-order valence-electron chi connectivity index (χ0n) is 19.4. The maximum atomic E-state index is 14.1. The SMILES string of the molecule is N#CC1(NC(=O)C2CC(S(=O)(=O)c3ccccc3Cl)CN2C(=O)C2(c3ccc(Cl)cc3)CCC2)CC1. The van der Waals surface area contributed by atoms with Gasteiger partial charge in [-0.15, -0.1) is 0 Å². The van der Waals surface area contributed by atoms with E-state index >= 15 is 0 Å². The van der Waals surface area contributed by atoms with Crippen LogP contribution in [-0.4, -0.2) is 48.5 Å². The van der Waals surface area contributed by atoms with Gasteiger partial charge in [-0.05, 0) is 61.9 Å². The lowest BCUT2D eigenvalue weighted by Gasteiger charge is -2.44. The van der Waals surface area contributed by atoms with Crippen LogP contribution in [0.1, 0.15) is 44.1 Å². The van der Waals surface area contributed by atoms with E-state index in [1.807, 2.05) is 12.1 Å². The van der Waals surface area contributed by atoms with Crippen molar-refractivity contribution in [3.8, 4) is 6.07 Å². The topological polar surface area (TPSA) is 107 Å². The number of nitriles is 1. The number of amides is 2. The second-order valence-electron chi connectivity index (χ2n) is 9.93. The fourth-order valence-electron chi connectivity index (χ4n) is 5.26. The molecule has 5 rings (SSSR count). The molecule has 10 heteroatoms. The number of nitrogens with zero attached hydrogens (tertiary/aromatic N) is 2. The van der Waals surface area contributed by atoms with E-state index in [1.165, 1.54) is 17.0 Å². The minimum absolute atomic E-state index is 0.0168. The zero-order valence-corrected chi connectivity index (χ0v) is 21.7. The molecular formula is C26H25Cl2N3O4S. The van der Waals surface area contributed by atoms with Crippen LogP contribution >= 0.6 is 23.2 Å². The summed E-state index contributed by atoms with van der Waals surface area (Å²) in [5.74, 6) is -0.764. The van der Waals surface area contributed by atoms with E-state index in [0.29, 0.717) is 30.7 Å². The third-order valence-corrected chi connectivity index (χ3v) is 10.6. The molecule has 2 amide bonds. The van der Waals surface area contributed by atoms with Crippen molar-refractivity contribution in [3.05, 3.63) is 64.1 Å². The summed E-state index contributed by atoms with van der Waals surface area (Å²) in [6.07, 6.45) is 3.05. The molecule has 0 bridgehead atoms. The molecule has 3 fully saturated rings. The van der Waals surface area contributed by atoms with Gasteiger partial charge in [-0.25, -0.2) is 8.42 Å². The van der Waals surface area contributed by atoms with Crippen molar-refractivity contribution in [2.24, 2.45) is 0 Å². The van der Waals surface area contributed by atoms with Gasteiger partial charge in [0.1, 0.15) is 11.6 Å². The molecule has 1 N–H and O–H groups in total. The van der Waals surface area contributed by atoms with Gasteiger partial charge in [0, 0.05) is 11.6 Å². The fourth-order valence-corrected chi connectivity index (χ4v) is 7.60. The first-order chi connectivity index (χ1) is 17.1. The highest BCUT2D eigenvalue weighted by Crippen LogP contribution is 2.47. The normalized spacial score (nSPS) is 23.9. The lowest BCUT2D eigenvalue weighted by molar-refractivity contribution is -0.146. The molecule has 3 aliphatic rings. The van der Waals surface area contributed by atoms with E-state index in [0.717, 1.165) is 12.0 Å². The molecule has 2 unspecified atom stereocenters. The average molecular weight is 546 g/mol. The number of sulfone groups is 1. The monoisotopic (exact) mass is 545 g/mol. The Labute approximate surface area is 220 Å². The molecule has 7 nitrogen and oxygen atoms in total. The number of halogens is 2. The summed E-state index contributed by atoms with van der Waals surface area (Å²) in [5, 5.41) is 11.9. The van der Waals surface area contributed by atoms with Gasteiger partial charge >= 0.3 is 0 Å². The standard InChI is InChI=1S/C26H25Cl2N3O4S/c27-18-8-6-17(7-9-18)26(10-3-11-26)24(33)31-15-19(36(34,35)22-5-2-1-4-20(22)28)14-21(31)23(32)30-25(16-29)12-13-25/h1-2,4-9,19,21H,3,10-15H2,(H,30,32). The Kier molecular flexibility index (Phi) is 6.30. The number of carbonyl (C=O) groups is 2. The Hall–Kier alpha value is -2.60. The van der Waals surface area contributed by atoms with Crippen LogP contribution < -0.4 is 5.32 Å². The van der Waals surface area contributed by atoms with Gasteiger partial charge in [-0.3, -0.25) is 9.59 Å². The average Bonchev–Trinajstić information content (AvgIpc) is 3.44. The molecule has 0 spiro atoms. The van der Waals surface area contributed by atoms with E-state index in [-0.39, 0.29) is 28.8 Å². The first-order valence-electron chi connectivity index (χ1n) is 11.9. The number of likely N-dealkylation sites (tertiary alicyclic amines) is 1. The Balaban J connectivity index is 1.50. The number of rotatable bonds is 6. The van der Waals surface area contributed by atoms with Crippen LogP contribution in [0.4, 0.5) is 0 Å². The minimum atomic E-state index is -3.93. The Bertz CT molecular complexity index is 1360. The molecule has 1 heterocycles. The third-order valence-electron chi connectivity index (χ3n) is 7.75. The molecule has 2 aromatic rings. The van der Waals surface area contributed by atoms with Crippen molar-refractivity contribution in [1.29, 1.82) is 5.26 Å². The maximum absolute atomic E-state index is 14.1. The number of hydrogen-bond donors (Lipinski definition) is 1. The number of nitrogens with one attached hydrogen (secondary N) is 1. The van der Waals surface area contributed by atoms with Gasteiger partial charge in [-0.1, -0.05) is 53.9 Å². The number of carbonyl (C=O) groups excluding carboxylic acids is 2. The van der Waals surface area contributed by atoms with Crippen LogP contribution in [0.25, 0.3) is 0 Å². The lowest BCUT2D eigenvalue weighted by atomic mass is 9.63. The zero-order chi connectivity index (χ0) is 25.7. The van der Waals surface area contributed by atoms with Crippen LogP contribution in [0.2, 0.25) is 10.0 Å². The summed E-state index contributed by atoms with van der Waals surface area (Å²) in [4.78, 5) is 28.9. The smallest absolute Gasteiger partial charge is 0.244 e. The second-order valence-corrected chi connectivity index (χ2v) is 13.0. The molecule has 0 aromatic heterocycles. The van der Waals surface area contributed by atoms with Gasteiger partial charge in [0.2, 0.25) is 11.8 Å². The van der Waals surface area contributed by atoms with Crippen molar-refractivity contribution in [3.63, 3.8) is 0 Å². The third kappa shape index (κ3) is 4.17. The highest BCUT2D eigenvalue weighted by Gasteiger charge is 2.55. The van der Waals surface area contributed by atoms with Crippen LogP contribution in [0.15, 0.2) is 53.4 Å². The molecule has 2 atom stereocenters. The predicted octanol–water partition coefficient (Wildman–Crippen LogP) is 4.03. The van der Waals surface area contributed by atoms with E-state index < -0.39 is 38.0 Å². The lowest BCUT2D eigenvalue weighted by Crippen LogP contribution is -2.56. The van der Waals surface area contributed by atoms with Crippen LogP contribution in [-0.2, 0) is 24.8 Å². The second kappa shape index (κ2) is 9.05. The minimum Gasteiger partial charge on any atom is -0.336 e. The summed E-state index contributed by atoms with van der Waals surface area (Å²) in [7, 11) is -3.93. The summed E-state index contributed by atoms with van der Waals surface area (Å²) in [6, 6.07) is 14.4. The molecule has 2 aromatic carbocycles. The summed E-state index contributed by atoms with van der Waals surface area (Å²) >= 11 is 12.3. The predicted molar refractivity (Wildman–Crippen MR) is 135 cm³/mol. The van der Waals surface area contributed by atoms with Crippen molar-refractivity contribution in [2.75, 3.05) is 6.54 Å². The first-order valence-corrected chi connectivity index (χ1v) is 14.2. The van der Waals surface area contributed by atoms with Gasteiger partial charge in [0.15, 0.2) is 9.84 Å². The van der Waals surface area contributed by atoms with Crippen molar-refractivity contribution >= 4 is 44.9 Å². The van der Waals surface area contributed by atoms with Crippen molar-refractivity contribution in [2.45, 2.75) is 65.7 Å². The van der Waals surface area contributed by atoms with Crippen LogP contribution in [0.3, 0.4) is 0 Å². The van der Waals surface area contributed by atoms with E-state index in [2.05, 4.69) is 11.4 Å². The highest BCUT2D eigenvalue weighted by atomic mass is 35.5. The van der Waals surface area contributed by atoms with Crippen LogP contribution in [0.5, 0.6) is 0 Å². The molecule has 0 radical (unpaired) electrons. The van der Waals surface area contributed by atoms with E-state index in [1.54, 1.807) is 24.3 Å². The molecule has 1 saturated heterocycles. The Morgan fingerprint density at radius 2 is 1.69 bits per heavy atom. The summed E-state index contributed by atoms with van der Waals surface area (Å²) in [5.41, 5.74) is -0.968. The summed E-state index contributed by atoms with van der Waals surface area (Å²) < 4.78 is 27.1. The van der Waals surface area contributed by atoms with E-state index in [4.69, 9.17) is 23.2 Å². The Morgan fingerprint density at radius 1 is 1.03 bits per heavy atom. The quantitative estimate of drug-likeness (QED) is 0.589.